The van der Waals surface area contributed by atoms with Gasteiger partial charge in [0.05, 0.1) is 32.7 Å². The van der Waals surface area contributed by atoms with Gasteiger partial charge in [-0.2, -0.15) is 4.31 Å². The minimum absolute atomic E-state index is 0.00185. The number of benzene rings is 1. The zero-order chi connectivity index (χ0) is 16.9. The molecule has 23 heavy (non-hydrogen) atoms. The summed E-state index contributed by atoms with van der Waals surface area (Å²) in [5.41, 5.74) is 0.558. The van der Waals surface area contributed by atoms with E-state index in [-0.39, 0.29) is 13.1 Å². The summed E-state index contributed by atoms with van der Waals surface area (Å²) in [5.74, 6) is 0.693. The van der Waals surface area contributed by atoms with Gasteiger partial charge in [-0.1, -0.05) is 0 Å². The normalized spacial score (nSPS) is 11.4. The fourth-order valence-electron chi connectivity index (χ4n) is 1.90. The standard InChI is InChI=1S/C15H18N2O5S/c1-21-13-7-5-12(6-8-13)16-15(18)11-17(23(2,19)20)10-14-4-3-9-22-14/h3-9H,10-11H2,1-2H3,(H,16,18). The van der Waals surface area contributed by atoms with Crippen molar-refractivity contribution in [2.24, 2.45) is 0 Å². The quantitative estimate of drug-likeness (QED) is 0.830. The van der Waals surface area contributed by atoms with Crippen LogP contribution in [0.4, 0.5) is 5.69 Å². The zero-order valence-corrected chi connectivity index (χ0v) is 13.7. The molecular weight excluding hydrogens is 320 g/mol. The molecule has 0 radical (unpaired) electrons. The molecule has 7 nitrogen and oxygen atoms in total. The fraction of sp³-hybridized carbons (Fsp3) is 0.267. The van der Waals surface area contributed by atoms with E-state index in [9.17, 15) is 13.2 Å². The first kappa shape index (κ1) is 17.0. The summed E-state index contributed by atoms with van der Waals surface area (Å²) < 4.78 is 34.8. The first-order valence-electron chi connectivity index (χ1n) is 6.80. The summed E-state index contributed by atoms with van der Waals surface area (Å²) in [4.78, 5) is 12.1. The SMILES string of the molecule is COc1ccc(NC(=O)CN(Cc2ccco2)S(C)(=O)=O)cc1. The molecule has 2 aromatic rings. The van der Waals surface area contributed by atoms with E-state index in [2.05, 4.69) is 5.32 Å². The van der Waals surface area contributed by atoms with Gasteiger partial charge in [0.25, 0.3) is 0 Å². The molecule has 8 heteroatoms. The topological polar surface area (TPSA) is 88.8 Å². The van der Waals surface area contributed by atoms with Crippen LogP contribution in [-0.2, 0) is 21.4 Å². The summed E-state index contributed by atoms with van der Waals surface area (Å²) in [6, 6.07) is 10.1. The number of carbonyl (C=O) groups is 1. The molecule has 0 fully saturated rings. The van der Waals surface area contributed by atoms with Crippen LogP contribution >= 0.6 is 0 Å². The Morgan fingerprint density at radius 2 is 1.96 bits per heavy atom. The summed E-state index contributed by atoms with van der Waals surface area (Å²) >= 11 is 0. The monoisotopic (exact) mass is 338 g/mol. The number of ether oxygens (including phenoxy) is 1. The second kappa shape index (κ2) is 7.30. The lowest BCUT2D eigenvalue weighted by molar-refractivity contribution is -0.116. The predicted octanol–water partition coefficient (Wildman–Crippen LogP) is 1.69. The Morgan fingerprint density at radius 3 is 2.48 bits per heavy atom. The number of nitrogens with one attached hydrogen (secondary N) is 1. The van der Waals surface area contributed by atoms with Crippen LogP contribution in [0.2, 0.25) is 0 Å². The van der Waals surface area contributed by atoms with Crippen molar-refractivity contribution in [2.45, 2.75) is 6.54 Å². The van der Waals surface area contributed by atoms with Crippen LogP contribution in [0.15, 0.2) is 47.1 Å². The third kappa shape index (κ3) is 5.11. The molecule has 2 rings (SSSR count). The second-order valence-electron chi connectivity index (χ2n) is 4.89. The van der Waals surface area contributed by atoms with Crippen LogP contribution < -0.4 is 10.1 Å². The average molecular weight is 338 g/mol. The maximum Gasteiger partial charge on any atom is 0.239 e. The second-order valence-corrected chi connectivity index (χ2v) is 6.87. The highest BCUT2D eigenvalue weighted by atomic mass is 32.2. The Labute approximate surface area is 134 Å². The lowest BCUT2D eigenvalue weighted by atomic mass is 10.3. The molecular formula is C15H18N2O5S. The van der Waals surface area contributed by atoms with Gasteiger partial charge < -0.3 is 14.5 Å². The Balaban J connectivity index is 2.02. The highest BCUT2D eigenvalue weighted by Gasteiger charge is 2.21. The molecule has 0 unspecified atom stereocenters. The number of sulfonamides is 1. The van der Waals surface area contributed by atoms with E-state index < -0.39 is 15.9 Å². The summed E-state index contributed by atoms with van der Waals surface area (Å²) in [7, 11) is -2.00. The van der Waals surface area contributed by atoms with E-state index in [1.807, 2.05) is 0 Å². The van der Waals surface area contributed by atoms with Crippen molar-refractivity contribution in [3.8, 4) is 5.75 Å². The largest absolute Gasteiger partial charge is 0.497 e. The molecule has 0 saturated heterocycles. The first-order chi connectivity index (χ1) is 10.9. The van der Waals surface area contributed by atoms with Crippen LogP contribution in [-0.4, -0.2) is 38.5 Å². The van der Waals surface area contributed by atoms with Gasteiger partial charge in [0.2, 0.25) is 15.9 Å². The maximum atomic E-state index is 12.1. The fourth-order valence-corrected chi connectivity index (χ4v) is 2.62. The van der Waals surface area contributed by atoms with Gasteiger partial charge in [-0.3, -0.25) is 4.79 Å². The van der Waals surface area contributed by atoms with Crippen molar-refractivity contribution in [3.63, 3.8) is 0 Å². The number of carbonyl (C=O) groups excluding carboxylic acids is 1. The van der Waals surface area contributed by atoms with Crippen molar-refractivity contribution in [3.05, 3.63) is 48.4 Å². The summed E-state index contributed by atoms with van der Waals surface area (Å²) in [6.45, 7) is -0.298. The maximum absolute atomic E-state index is 12.1. The smallest absolute Gasteiger partial charge is 0.239 e. The number of anilines is 1. The minimum atomic E-state index is -3.55. The molecule has 0 atom stereocenters. The Bertz CT molecular complexity index is 739. The Hall–Kier alpha value is -2.32. The number of hydrogen-bond donors (Lipinski definition) is 1. The van der Waals surface area contributed by atoms with E-state index in [1.165, 1.54) is 6.26 Å². The molecule has 0 aliphatic heterocycles. The molecule has 1 N–H and O–H groups in total. The van der Waals surface area contributed by atoms with E-state index >= 15 is 0 Å². The van der Waals surface area contributed by atoms with Crippen LogP contribution in [0.25, 0.3) is 0 Å². The van der Waals surface area contributed by atoms with E-state index in [0.29, 0.717) is 17.2 Å². The van der Waals surface area contributed by atoms with Crippen LogP contribution in [0.1, 0.15) is 5.76 Å². The van der Waals surface area contributed by atoms with Crippen molar-refractivity contribution >= 4 is 21.6 Å². The molecule has 0 spiro atoms. The molecule has 0 saturated carbocycles. The first-order valence-corrected chi connectivity index (χ1v) is 8.65. The number of furan rings is 1. The minimum Gasteiger partial charge on any atom is -0.497 e. The number of nitrogens with zero attached hydrogens (tertiary/aromatic N) is 1. The molecule has 0 bridgehead atoms. The van der Waals surface area contributed by atoms with Gasteiger partial charge >= 0.3 is 0 Å². The van der Waals surface area contributed by atoms with Crippen LogP contribution in [0.5, 0.6) is 5.75 Å². The third-order valence-electron chi connectivity index (χ3n) is 3.08. The third-order valence-corrected chi connectivity index (χ3v) is 4.27. The lowest BCUT2D eigenvalue weighted by Gasteiger charge is -2.18. The van der Waals surface area contributed by atoms with Gasteiger partial charge in [-0.25, -0.2) is 8.42 Å². The molecule has 0 aliphatic rings. The van der Waals surface area contributed by atoms with Crippen molar-refractivity contribution < 1.29 is 22.4 Å². The van der Waals surface area contributed by atoms with Gasteiger partial charge in [-0.15, -0.1) is 0 Å². The Morgan fingerprint density at radius 1 is 1.26 bits per heavy atom. The number of methoxy groups -OCH3 is 1. The molecule has 0 aliphatic carbocycles. The number of hydrogen-bond acceptors (Lipinski definition) is 5. The van der Waals surface area contributed by atoms with E-state index in [4.69, 9.17) is 9.15 Å². The molecule has 1 heterocycles. The van der Waals surface area contributed by atoms with E-state index in [1.54, 1.807) is 43.5 Å². The number of rotatable bonds is 7. The molecule has 124 valence electrons. The van der Waals surface area contributed by atoms with Crippen LogP contribution in [0, 0.1) is 0 Å². The highest BCUT2D eigenvalue weighted by molar-refractivity contribution is 7.88. The molecule has 1 aromatic heterocycles. The summed E-state index contributed by atoms with van der Waals surface area (Å²) in [5, 5.41) is 2.64. The van der Waals surface area contributed by atoms with Crippen molar-refractivity contribution in [1.29, 1.82) is 0 Å². The highest BCUT2D eigenvalue weighted by Crippen LogP contribution is 2.15. The summed E-state index contributed by atoms with van der Waals surface area (Å²) in [6.07, 6.45) is 2.50. The lowest BCUT2D eigenvalue weighted by Crippen LogP contribution is -2.36. The van der Waals surface area contributed by atoms with Gasteiger partial charge in [-0.05, 0) is 36.4 Å². The molecule has 1 amide bonds. The predicted molar refractivity (Wildman–Crippen MR) is 85.6 cm³/mol. The van der Waals surface area contributed by atoms with E-state index in [0.717, 1.165) is 10.6 Å². The number of amides is 1. The Kier molecular flexibility index (Phi) is 5.41. The van der Waals surface area contributed by atoms with Crippen molar-refractivity contribution in [1.82, 2.24) is 4.31 Å². The molecule has 1 aromatic carbocycles. The van der Waals surface area contributed by atoms with Crippen molar-refractivity contribution in [2.75, 3.05) is 25.2 Å². The van der Waals surface area contributed by atoms with Gasteiger partial charge in [0.1, 0.15) is 11.5 Å². The average Bonchev–Trinajstić information content (AvgIpc) is 2.99. The zero-order valence-electron chi connectivity index (χ0n) is 12.9. The van der Waals surface area contributed by atoms with Gasteiger partial charge in [0.15, 0.2) is 0 Å². The van der Waals surface area contributed by atoms with Crippen LogP contribution in [0.3, 0.4) is 0 Å². The van der Waals surface area contributed by atoms with Gasteiger partial charge in [0, 0.05) is 5.69 Å².